The van der Waals surface area contributed by atoms with E-state index < -0.39 is 12.2 Å². The maximum Gasteiger partial charge on any atom is 0.410 e. The molecule has 2 aliphatic rings. The number of carbonyl (C=O) groups excluding carboxylic acids is 1. The van der Waals surface area contributed by atoms with Gasteiger partial charge in [0, 0.05) is 41.3 Å². The van der Waals surface area contributed by atoms with Gasteiger partial charge in [-0.1, -0.05) is 48.0 Å². The number of carbonyl (C=O) groups is 1. The number of nitrogens with zero attached hydrogens (tertiary/aromatic N) is 2. The second-order valence-corrected chi connectivity index (χ2v) is 8.69. The number of hydrogen-bond donors (Lipinski definition) is 1. The molecule has 0 saturated carbocycles. The van der Waals surface area contributed by atoms with E-state index in [0.29, 0.717) is 30.1 Å². The van der Waals surface area contributed by atoms with Crippen LogP contribution in [0.4, 0.5) is 4.79 Å². The van der Waals surface area contributed by atoms with Crippen molar-refractivity contribution in [3.05, 3.63) is 81.1 Å². The number of amides is 1. The molecule has 1 fully saturated rings. The van der Waals surface area contributed by atoms with Crippen LogP contribution in [0.5, 0.6) is 0 Å². The van der Waals surface area contributed by atoms with Crippen LogP contribution in [-0.4, -0.2) is 39.9 Å². The van der Waals surface area contributed by atoms with Crippen LogP contribution in [-0.2, 0) is 24.3 Å². The summed E-state index contributed by atoms with van der Waals surface area (Å²) in [5.41, 5.74) is 4.81. The summed E-state index contributed by atoms with van der Waals surface area (Å²) in [6.45, 7) is 1.31. The number of likely N-dealkylation sites (tertiary alicyclic amines) is 1. The zero-order valence-electron chi connectivity index (χ0n) is 17.5. The predicted molar refractivity (Wildman–Crippen MR) is 123 cm³/mol. The summed E-state index contributed by atoms with van der Waals surface area (Å²) < 4.78 is 7.40. The van der Waals surface area contributed by atoms with Gasteiger partial charge in [-0.2, -0.15) is 0 Å². The zero-order chi connectivity index (χ0) is 22.2. The highest BCUT2D eigenvalue weighted by molar-refractivity contribution is 6.30. The molecule has 0 radical (unpaired) electrons. The molecule has 7 heteroatoms. The first-order valence-corrected chi connectivity index (χ1v) is 11.1. The number of ether oxygens (including phenoxy) is 1. The van der Waals surface area contributed by atoms with Gasteiger partial charge in [0.25, 0.3) is 5.56 Å². The van der Waals surface area contributed by atoms with Gasteiger partial charge >= 0.3 is 6.09 Å². The van der Waals surface area contributed by atoms with Crippen molar-refractivity contribution in [3.63, 3.8) is 0 Å². The lowest BCUT2D eigenvalue weighted by atomic mass is 9.92. The first kappa shape index (κ1) is 20.8. The molecular weight excluding hydrogens is 428 g/mol. The van der Waals surface area contributed by atoms with Crippen molar-refractivity contribution in [1.82, 2.24) is 9.47 Å². The highest BCUT2D eigenvalue weighted by Gasteiger charge is 2.27. The molecule has 0 spiro atoms. The van der Waals surface area contributed by atoms with Crippen LogP contribution in [0.2, 0.25) is 5.02 Å². The number of benzene rings is 2. The standard InChI is InChI=1S/C25H23ClN2O4/c26-19-7-6-17-8-11-28-23(21(17)13-19)18(15-32-25(31)27-10-9-20(29)14-27)12-22(24(28)30)16-4-2-1-3-5-16/h1-7,12-13,20,29H,8-11,14-15H2. The van der Waals surface area contributed by atoms with Gasteiger partial charge in [0.2, 0.25) is 0 Å². The van der Waals surface area contributed by atoms with Gasteiger partial charge in [0.1, 0.15) is 6.61 Å². The van der Waals surface area contributed by atoms with Crippen molar-refractivity contribution in [2.24, 2.45) is 0 Å². The molecular formula is C25H23ClN2O4. The minimum atomic E-state index is -0.510. The van der Waals surface area contributed by atoms with Crippen LogP contribution in [0, 0.1) is 0 Å². The minimum Gasteiger partial charge on any atom is -0.444 e. The van der Waals surface area contributed by atoms with Crippen LogP contribution >= 0.6 is 11.6 Å². The summed E-state index contributed by atoms with van der Waals surface area (Å²) in [5, 5.41) is 10.3. The van der Waals surface area contributed by atoms with E-state index in [0.717, 1.165) is 34.4 Å². The lowest BCUT2D eigenvalue weighted by Crippen LogP contribution is -2.31. The largest absolute Gasteiger partial charge is 0.444 e. The molecule has 1 aromatic heterocycles. The average Bonchev–Trinajstić information content (AvgIpc) is 3.25. The van der Waals surface area contributed by atoms with Gasteiger partial charge in [-0.05, 0) is 42.2 Å². The number of aliphatic hydroxyl groups excluding tert-OH is 1. The summed E-state index contributed by atoms with van der Waals surface area (Å²) in [7, 11) is 0. The molecule has 1 N–H and O–H groups in total. The molecule has 1 atom stereocenters. The summed E-state index contributed by atoms with van der Waals surface area (Å²) in [4.78, 5) is 27.5. The Balaban J connectivity index is 1.59. The van der Waals surface area contributed by atoms with E-state index in [1.165, 1.54) is 4.90 Å². The molecule has 3 heterocycles. The topological polar surface area (TPSA) is 71.8 Å². The van der Waals surface area contributed by atoms with E-state index in [-0.39, 0.29) is 18.7 Å². The van der Waals surface area contributed by atoms with Gasteiger partial charge in [-0.15, -0.1) is 0 Å². The third kappa shape index (κ3) is 3.80. The lowest BCUT2D eigenvalue weighted by Gasteiger charge is -2.26. The Labute approximate surface area is 190 Å². The van der Waals surface area contributed by atoms with E-state index in [4.69, 9.17) is 16.3 Å². The van der Waals surface area contributed by atoms with Crippen molar-refractivity contribution >= 4 is 17.7 Å². The molecule has 1 saturated heterocycles. The third-order valence-corrected chi connectivity index (χ3v) is 6.39. The van der Waals surface area contributed by atoms with Gasteiger partial charge in [0.15, 0.2) is 0 Å². The molecule has 0 bridgehead atoms. The highest BCUT2D eigenvalue weighted by Crippen LogP contribution is 2.35. The second-order valence-electron chi connectivity index (χ2n) is 8.25. The molecule has 2 aliphatic heterocycles. The van der Waals surface area contributed by atoms with Gasteiger partial charge in [-0.25, -0.2) is 4.79 Å². The fourth-order valence-electron chi connectivity index (χ4n) is 4.55. The molecule has 6 nitrogen and oxygen atoms in total. The van der Waals surface area contributed by atoms with E-state index in [2.05, 4.69) is 0 Å². The fraction of sp³-hybridized carbons (Fsp3) is 0.280. The average molecular weight is 451 g/mol. The van der Waals surface area contributed by atoms with E-state index >= 15 is 0 Å². The fourth-order valence-corrected chi connectivity index (χ4v) is 4.72. The van der Waals surface area contributed by atoms with Gasteiger partial charge in [-0.3, -0.25) is 4.79 Å². The molecule has 2 aromatic carbocycles. The van der Waals surface area contributed by atoms with Crippen molar-refractivity contribution < 1.29 is 14.6 Å². The highest BCUT2D eigenvalue weighted by atomic mass is 35.5. The van der Waals surface area contributed by atoms with Crippen molar-refractivity contribution in [1.29, 1.82) is 0 Å². The minimum absolute atomic E-state index is 0.0207. The summed E-state index contributed by atoms with van der Waals surface area (Å²) in [6.07, 6.45) is 0.303. The van der Waals surface area contributed by atoms with E-state index in [1.54, 1.807) is 4.57 Å². The quantitative estimate of drug-likeness (QED) is 0.652. The number of rotatable bonds is 3. The molecule has 0 aliphatic carbocycles. The lowest BCUT2D eigenvalue weighted by molar-refractivity contribution is 0.0971. The number of halogens is 1. The first-order valence-electron chi connectivity index (χ1n) is 10.7. The zero-order valence-corrected chi connectivity index (χ0v) is 18.2. The number of fused-ring (bicyclic) bond motifs is 3. The number of aromatic nitrogens is 1. The van der Waals surface area contributed by atoms with Crippen LogP contribution in [0.1, 0.15) is 17.5 Å². The smallest absolute Gasteiger partial charge is 0.410 e. The molecule has 32 heavy (non-hydrogen) atoms. The Bertz CT molecular complexity index is 1240. The summed E-state index contributed by atoms with van der Waals surface area (Å²) in [6, 6.07) is 17.0. The molecule has 5 rings (SSSR count). The molecule has 164 valence electrons. The number of aryl methyl sites for hydroxylation is 1. The second kappa shape index (κ2) is 8.45. The van der Waals surface area contributed by atoms with E-state index in [1.807, 2.05) is 54.6 Å². The van der Waals surface area contributed by atoms with Crippen molar-refractivity contribution in [3.8, 4) is 22.4 Å². The van der Waals surface area contributed by atoms with Crippen LogP contribution < -0.4 is 5.56 Å². The first-order chi connectivity index (χ1) is 15.5. The molecule has 1 unspecified atom stereocenters. The number of hydrogen-bond acceptors (Lipinski definition) is 4. The predicted octanol–water partition coefficient (Wildman–Crippen LogP) is 4.10. The maximum atomic E-state index is 13.4. The molecule has 3 aromatic rings. The summed E-state index contributed by atoms with van der Waals surface area (Å²) >= 11 is 6.29. The Morgan fingerprint density at radius 2 is 1.91 bits per heavy atom. The number of aliphatic hydroxyl groups is 1. The van der Waals surface area contributed by atoms with Gasteiger partial charge in [0.05, 0.1) is 11.8 Å². The van der Waals surface area contributed by atoms with Crippen LogP contribution in [0.15, 0.2) is 59.4 Å². The number of β-amino-alcohol motifs (C(OH)–C–C–N with tert-alkyl or cyclic N) is 1. The van der Waals surface area contributed by atoms with Crippen molar-refractivity contribution in [2.45, 2.75) is 32.1 Å². The van der Waals surface area contributed by atoms with Crippen LogP contribution in [0.25, 0.3) is 22.4 Å². The Hall–Kier alpha value is -3.09. The Morgan fingerprint density at radius 1 is 1.09 bits per heavy atom. The third-order valence-electron chi connectivity index (χ3n) is 6.16. The van der Waals surface area contributed by atoms with Crippen molar-refractivity contribution in [2.75, 3.05) is 13.1 Å². The van der Waals surface area contributed by atoms with Crippen LogP contribution in [0.3, 0.4) is 0 Å². The Morgan fingerprint density at radius 3 is 2.66 bits per heavy atom. The van der Waals surface area contributed by atoms with Gasteiger partial charge < -0.3 is 19.3 Å². The van der Waals surface area contributed by atoms with E-state index in [9.17, 15) is 14.7 Å². The monoisotopic (exact) mass is 450 g/mol. The summed E-state index contributed by atoms with van der Waals surface area (Å²) in [5.74, 6) is 0. The number of pyridine rings is 1. The maximum absolute atomic E-state index is 13.4. The molecule has 1 amide bonds. The Kier molecular flexibility index (Phi) is 5.49. The normalized spacial score (nSPS) is 17.1. The SMILES string of the molecule is O=C(OCc1cc(-c2ccccc2)c(=O)n2c1-c1cc(Cl)ccc1CC2)N1CCC(O)C1.